The van der Waals surface area contributed by atoms with Crippen LogP contribution in [0.2, 0.25) is 0 Å². The van der Waals surface area contributed by atoms with Crippen molar-refractivity contribution >= 4 is 11.4 Å². The maximum atomic E-state index is 4.07. The third-order valence-corrected chi connectivity index (χ3v) is 2.19. The van der Waals surface area contributed by atoms with Gasteiger partial charge in [-0.15, -0.1) is 10.6 Å². The monoisotopic (exact) mass is 241 g/mol. The molecule has 0 heterocycles. The summed E-state index contributed by atoms with van der Waals surface area (Å²) in [7, 11) is 1.77. The normalized spacial score (nSPS) is 10.5. The Kier molecular flexibility index (Phi) is 4.27. The van der Waals surface area contributed by atoms with E-state index in [1.165, 1.54) is 5.12 Å². The third kappa shape index (κ3) is 3.88. The fraction of sp³-hybridized carbons (Fsp3) is 0.0769. The highest BCUT2D eigenvalue weighted by Crippen LogP contribution is 2.10. The van der Waals surface area contributed by atoms with Crippen molar-refractivity contribution in [2.75, 3.05) is 12.5 Å². The van der Waals surface area contributed by atoms with Crippen molar-refractivity contribution in [2.45, 2.75) is 0 Å². The first-order chi connectivity index (χ1) is 8.84. The van der Waals surface area contributed by atoms with E-state index in [-0.39, 0.29) is 0 Å². The van der Waals surface area contributed by atoms with Crippen molar-refractivity contribution in [3.05, 3.63) is 60.7 Å². The summed E-state index contributed by atoms with van der Waals surface area (Å²) in [5.41, 5.74) is 7.66. The molecule has 0 unspecified atom stereocenters. The van der Waals surface area contributed by atoms with Crippen molar-refractivity contribution in [1.29, 1.82) is 0 Å². The van der Waals surface area contributed by atoms with E-state index >= 15 is 0 Å². The van der Waals surface area contributed by atoms with Gasteiger partial charge in [0, 0.05) is 7.05 Å². The Bertz CT molecular complexity index is 483. The number of nitrogens with zero attached hydrogens (tertiary/aromatic N) is 3. The Balaban J connectivity index is 1.82. The van der Waals surface area contributed by atoms with E-state index in [2.05, 4.69) is 21.3 Å². The molecule has 5 nitrogen and oxygen atoms in total. The summed E-state index contributed by atoms with van der Waals surface area (Å²) in [6.07, 6.45) is 0. The summed E-state index contributed by atoms with van der Waals surface area (Å²) in [5, 5.41) is 9.56. The topological polar surface area (TPSA) is 52.0 Å². The van der Waals surface area contributed by atoms with Gasteiger partial charge in [0.2, 0.25) is 0 Å². The minimum atomic E-state index is 0.811. The minimum absolute atomic E-state index is 0.811. The lowest BCUT2D eigenvalue weighted by Gasteiger charge is -2.14. The van der Waals surface area contributed by atoms with Gasteiger partial charge in [0.25, 0.3) is 0 Å². The first-order valence-electron chi connectivity index (χ1n) is 5.62. The molecule has 0 amide bonds. The van der Waals surface area contributed by atoms with E-state index in [0.717, 1.165) is 11.4 Å². The summed E-state index contributed by atoms with van der Waals surface area (Å²) in [6.45, 7) is 0. The molecular formula is C13H15N5. The first kappa shape index (κ1) is 12.1. The molecule has 2 aromatic rings. The smallest absolute Gasteiger partial charge is 0.0874 e. The molecule has 0 spiro atoms. The fourth-order valence-corrected chi connectivity index (χ4v) is 1.30. The molecule has 18 heavy (non-hydrogen) atoms. The number of rotatable bonds is 5. The van der Waals surface area contributed by atoms with Crippen LogP contribution in [-0.2, 0) is 0 Å². The van der Waals surface area contributed by atoms with Crippen LogP contribution in [0.25, 0.3) is 0 Å². The van der Waals surface area contributed by atoms with Crippen molar-refractivity contribution < 1.29 is 0 Å². The Morgan fingerprint density at radius 1 is 0.889 bits per heavy atom. The van der Waals surface area contributed by atoms with E-state index in [1.807, 2.05) is 60.7 Å². The highest BCUT2D eigenvalue weighted by Gasteiger charge is 1.92. The molecule has 0 aliphatic heterocycles. The zero-order valence-electron chi connectivity index (χ0n) is 10.1. The van der Waals surface area contributed by atoms with Crippen molar-refractivity contribution in [3.63, 3.8) is 0 Å². The number of nitrogens with one attached hydrogen (secondary N) is 2. The number of anilines is 1. The van der Waals surface area contributed by atoms with Crippen LogP contribution < -0.4 is 11.0 Å². The third-order valence-electron chi connectivity index (χ3n) is 2.19. The van der Waals surface area contributed by atoms with Gasteiger partial charge in [-0.1, -0.05) is 41.6 Å². The number of benzene rings is 2. The average molecular weight is 241 g/mol. The second-order valence-electron chi connectivity index (χ2n) is 3.65. The zero-order valence-corrected chi connectivity index (χ0v) is 10.1. The standard InChI is InChI=1S/C13H15N5/c1-18(16-14-12-8-4-2-5-9-12)17-15-13-10-6-3-7-11-13/h2-11,14,16H,1H3. The van der Waals surface area contributed by atoms with E-state index in [1.54, 1.807) is 7.05 Å². The van der Waals surface area contributed by atoms with Gasteiger partial charge in [0.1, 0.15) is 0 Å². The summed E-state index contributed by atoms with van der Waals surface area (Å²) >= 11 is 0. The van der Waals surface area contributed by atoms with Crippen LogP contribution >= 0.6 is 0 Å². The lowest BCUT2D eigenvalue weighted by Crippen LogP contribution is -2.34. The Morgan fingerprint density at radius 2 is 1.50 bits per heavy atom. The van der Waals surface area contributed by atoms with Gasteiger partial charge in [0.15, 0.2) is 0 Å². The molecule has 0 aromatic heterocycles. The molecule has 0 radical (unpaired) electrons. The number of hydrogen-bond acceptors (Lipinski definition) is 4. The maximum absolute atomic E-state index is 4.07. The highest BCUT2D eigenvalue weighted by atomic mass is 15.8. The zero-order chi connectivity index (χ0) is 12.6. The van der Waals surface area contributed by atoms with Crippen LogP contribution in [0.1, 0.15) is 0 Å². The van der Waals surface area contributed by atoms with Gasteiger partial charge < -0.3 is 5.43 Å². The summed E-state index contributed by atoms with van der Waals surface area (Å²) in [6, 6.07) is 19.3. The molecule has 2 aromatic carbocycles. The molecule has 0 aliphatic rings. The summed E-state index contributed by atoms with van der Waals surface area (Å²) < 4.78 is 0. The second kappa shape index (κ2) is 6.36. The number of hydrazine groups is 2. The van der Waals surface area contributed by atoms with Gasteiger partial charge >= 0.3 is 0 Å². The summed E-state index contributed by atoms with van der Waals surface area (Å²) in [4.78, 5) is 0. The molecule has 0 saturated carbocycles. The Labute approximate surface area is 106 Å². The van der Waals surface area contributed by atoms with Crippen LogP contribution in [0.15, 0.2) is 71.0 Å². The number of hydrogen-bond donors (Lipinski definition) is 2. The van der Waals surface area contributed by atoms with Crippen molar-refractivity contribution in [3.8, 4) is 0 Å². The van der Waals surface area contributed by atoms with Crippen LogP contribution in [0.4, 0.5) is 11.4 Å². The van der Waals surface area contributed by atoms with Gasteiger partial charge in [-0.05, 0) is 24.3 Å². The maximum Gasteiger partial charge on any atom is 0.0874 e. The summed E-state index contributed by atoms with van der Waals surface area (Å²) in [5.74, 6) is 0. The first-order valence-corrected chi connectivity index (χ1v) is 5.62. The molecule has 0 saturated heterocycles. The van der Waals surface area contributed by atoms with E-state index < -0.39 is 0 Å². The van der Waals surface area contributed by atoms with Crippen LogP contribution in [0.3, 0.4) is 0 Å². The molecule has 92 valence electrons. The molecule has 0 bridgehead atoms. The second-order valence-corrected chi connectivity index (χ2v) is 3.65. The lowest BCUT2D eigenvalue weighted by atomic mass is 10.3. The molecule has 2 rings (SSSR count). The van der Waals surface area contributed by atoms with Crippen LogP contribution in [0, 0.1) is 0 Å². The average Bonchev–Trinajstić information content (AvgIpc) is 2.45. The predicted molar refractivity (Wildman–Crippen MR) is 71.9 cm³/mol. The van der Waals surface area contributed by atoms with E-state index in [4.69, 9.17) is 0 Å². The molecule has 0 fully saturated rings. The van der Waals surface area contributed by atoms with Crippen LogP contribution in [-0.4, -0.2) is 12.2 Å². The van der Waals surface area contributed by atoms with Gasteiger partial charge in [0.05, 0.1) is 11.4 Å². The van der Waals surface area contributed by atoms with Gasteiger partial charge in [-0.2, -0.15) is 5.12 Å². The molecule has 5 heteroatoms. The van der Waals surface area contributed by atoms with Gasteiger partial charge in [-0.3, -0.25) is 0 Å². The van der Waals surface area contributed by atoms with Crippen molar-refractivity contribution in [2.24, 2.45) is 10.3 Å². The highest BCUT2D eigenvalue weighted by molar-refractivity contribution is 5.41. The SMILES string of the molecule is CN(N=Nc1ccccc1)NNc1ccccc1. The van der Waals surface area contributed by atoms with E-state index in [0.29, 0.717) is 0 Å². The van der Waals surface area contributed by atoms with Crippen LogP contribution in [0.5, 0.6) is 0 Å². The lowest BCUT2D eigenvalue weighted by molar-refractivity contribution is 0.254. The van der Waals surface area contributed by atoms with E-state index in [9.17, 15) is 0 Å². The molecule has 0 atom stereocenters. The quantitative estimate of drug-likeness (QED) is 0.624. The molecule has 0 aliphatic carbocycles. The Morgan fingerprint density at radius 3 is 2.17 bits per heavy atom. The number of para-hydroxylation sites is 1. The largest absolute Gasteiger partial charge is 0.303 e. The molecular weight excluding hydrogens is 226 g/mol. The fourth-order valence-electron chi connectivity index (χ4n) is 1.30. The predicted octanol–water partition coefficient (Wildman–Crippen LogP) is 3.15. The molecule has 2 N–H and O–H groups in total. The van der Waals surface area contributed by atoms with Crippen molar-refractivity contribution in [1.82, 2.24) is 10.7 Å². The van der Waals surface area contributed by atoms with Gasteiger partial charge in [-0.25, -0.2) is 0 Å². The Hall–Kier alpha value is -2.40. The minimum Gasteiger partial charge on any atom is -0.303 e.